The first-order chi connectivity index (χ1) is 13.9. The Bertz CT molecular complexity index is 1010. The lowest BCUT2D eigenvalue weighted by Gasteiger charge is -2.11. The zero-order chi connectivity index (χ0) is 21.0. The fourth-order valence-corrected chi connectivity index (χ4v) is 4.81. The van der Waals surface area contributed by atoms with E-state index in [1.807, 2.05) is 61.1 Å². The Hall–Kier alpha value is -2.65. The normalized spacial score (nSPS) is 10.9. The predicted octanol–water partition coefficient (Wildman–Crippen LogP) is 4.41. The summed E-state index contributed by atoms with van der Waals surface area (Å²) in [5.74, 6) is 0.256. The molecule has 3 aromatic rings. The Morgan fingerprint density at radius 2 is 1.97 bits per heavy atom. The minimum atomic E-state index is -0.483. The van der Waals surface area contributed by atoms with Gasteiger partial charge in [-0.3, -0.25) is 4.79 Å². The highest BCUT2D eigenvalue weighted by Gasteiger charge is 2.22. The highest BCUT2D eigenvalue weighted by Crippen LogP contribution is 2.36. The molecule has 0 bridgehead atoms. The van der Waals surface area contributed by atoms with Gasteiger partial charge in [0.2, 0.25) is 5.91 Å². The van der Waals surface area contributed by atoms with Gasteiger partial charge in [-0.15, -0.1) is 21.5 Å². The van der Waals surface area contributed by atoms with E-state index in [2.05, 4.69) is 15.5 Å². The molecule has 2 heterocycles. The largest absolute Gasteiger partial charge is 0.465 e. The van der Waals surface area contributed by atoms with Crippen molar-refractivity contribution in [3.63, 3.8) is 0 Å². The Morgan fingerprint density at radius 3 is 2.62 bits per heavy atom. The summed E-state index contributed by atoms with van der Waals surface area (Å²) in [6.07, 6.45) is 0. The highest BCUT2D eigenvalue weighted by molar-refractivity contribution is 7.99. The van der Waals surface area contributed by atoms with E-state index in [1.54, 1.807) is 0 Å². The molecule has 0 fully saturated rings. The summed E-state index contributed by atoms with van der Waals surface area (Å²) in [5, 5.41) is 14.1. The van der Waals surface area contributed by atoms with Gasteiger partial charge in [-0.05, 0) is 26.3 Å². The predicted molar refractivity (Wildman–Crippen MR) is 116 cm³/mol. The zero-order valence-corrected chi connectivity index (χ0v) is 18.3. The third kappa shape index (κ3) is 4.68. The second-order valence-corrected chi connectivity index (χ2v) is 8.36. The van der Waals surface area contributed by atoms with Crippen LogP contribution in [0.3, 0.4) is 0 Å². The van der Waals surface area contributed by atoms with Gasteiger partial charge in [-0.25, -0.2) is 4.79 Å². The number of aromatic nitrogens is 3. The number of nitrogens with zero attached hydrogens (tertiary/aromatic N) is 3. The number of ether oxygens (including phenoxy) is 1. The number of amides is 1. The van der Waals surface area contributed by atoms with Crippen molar-refractivity contribution in [1.29, 1.82) is 0 Å². The molecule has 0 saturated carbocycles. The van der Waals surface area contributed by atoms with Crippen LogP contribution in [0.4, 0.5) is 5.00 Å². The van der Waals surface area contributed by atoms with E-state index in [0.717, 1.165) is 17.0 Å². The number of hydrogen-bond donors (Lipinski definition) is 1. The van der Waals surface area contributed by atoms with Gasteiger partial charge in [0.15, 0.2) is 5.16 Å². The first-order valence-electron chi connectivity index (χ1n) is 9.01. The lowest BCUT2D eigenvalue weighted by molar-refractivity contribution is -0.113. The van der Waals surface area contributed by atoms with Crippen LogP contribution >= 0.6 is 23.1 Å². The molecule has 0 atom stereocenters. The maximum Gasteiger partial charge on any atom is 0.341 e. The van der Waals surface area contributed by atoms with Crippen molar-refractivity contribution in [2.75, 3.05) is 18.2 Å². The topological polar surface area (TPSA) is 86.1 Å². The summed E-state index contributed by atoms with van der Waals surface area (Å²) in [6.45, 7) is 5.97. The lowest BCUT2D eigenvalue weighted by Crippen LogP contribution is -2.16. The van der Waals surface area contributed by atoms with Crippen LogP contribution in [0.5, 0.6) is 0 Å². The van der Waals surface area contributed by atoms with Crippen LogP contribution in [-0.2, 0) is 9.53 Å². The summed E-state index contributed by atoms with van der Waals surface area (Å²) >= 11 is 2.61. The Balaban J connectivity index is 1.77. The van der Waals surface area contributed by atoms with Crippen molar-refractivity contribution < 1.29 is 14.3 Å². The molecule has 29 heavy (non-hydrogen) atoms. The summed E-state index contributed by atoms with van der Waals surface area (Å²) in [5.41, 5.74) is 1.99. The molecule has 1 N–H and O–H groups in total. The number of carbonyl (C=O) groups is 2. The van der Waals surface area contributed by atoms with Crippen molar-refractivity contribution in [2.24, 2.45) is 0 Å². The van der Waals surface area contributed by atoms with Crippen molar-refractivity contribution in [2.45, 2.75) is 32.0 Å². The number of nitrogens with one attached hydrogen (secondary N) is 1. The second-order valence-electron chi connectivity index (χ2n) is 6.54. The standard InChI is InChI=1S/C20H22N4O3S2/c1-12(2)24-13(3)22-23-20(24)29-11-16(25)21-18-17(19(26)27-4)15(10-28-18)14-8-6-5-7-9-14/h5-10,12H,11H2,1-4H3,(H,21,25). The second kappa shape index (κ2) is 9.23. The van der Waals surface area contributed by atoms with Gasteiger partial charge in [0.1, 0.15) is 16.4 Å². The molecule has 0 radical (unpaired) electrons. The van der Waals surface area contributed by atoms with E-state index in [-0.39, 0.29) is 17.7 Å². The smallest absolute Gasteiger partial charge is 0.341 e. The van der Waals surface area contributed by atoms with Crippen LogP contribution in [-0.4, -0.2) is 39.5 Å². The Morgan fingerprint density at radius 1 is 1.24 bits per heavy atom. The molecule has 0 unspecified atom stereocenters. The third-order valence-electron chi connectivity index (χ3n) is 4.20. The van der Waals surface area contributed by atoms with Crippen LogP contribution in [0.2, 0.25) is 0 Å². The molecule has 0 spiro atoms. The number of aryl methyl sites for hydroxylation is 1. The van der Waals surface area contributed by atoms with Gasteiger partial charge < -0.3 is 14.6 Å². The number of methoxy groups -OCH3 is 1. The number of rotatable bonds is 7. The maximum absolute atomic E-state index is 12.5. The van der Waals surface area contributed by atoms with Crippen LogP contribution in [0.15, 0.2) is 40.9 Å². The van der Waals surface area contributed by atoms with Crippen LogP contribution in [0.1, 0.15) is 36.1 Å². The third-order valence-corrected chi connectivity index (χ3v) is 6.04. The van der Waals surface area contributed by atoms with Crippen molar-refractivity contribution in [1.82, 2.24) is 14.8 Å². The summed E-state index contributed by atoms with van der Waals surface area (Å²) in [7, 11) is 1.33. The monoisotopic (exact) mass is 430 g/mol. The molecular weight excluding hydrogens is 408 g/mol. The average Bonchev–Trinajstić information content (AvgIpc) is 3.29. The zero-order valence-electron chi connectivity index (χ0n) is 16.6. The fourth-order valence-electron chi connectivity index (χ4n) is 2.92. The lowest BCUT2D eigenvalue weighted by atomic mass is 10.0. The maximum atomic E-state index is 12.5. The number of hydrogen-bond acceptors (Lipinski definition) is 7. The van der Waals surface area contributed by atoms with Gasteiger partial charge in [0, 0.05) is 17.0 Å². The SMILES string of the molecule is COC(=O)c1c(-c2ccccc2)csc1NC(=O)CSc1nnc(C)n1C(C)C. The van der Waals surface area contributed by atoms with E-state index in [9.17, 15) is 9.59 Å². The van der Waals surface area contributed by atoms with Gasteiger partial charge in [-0.2, -0.15) is 0 Å². The van der Waals surface area contributed by atoms with Gasteiger partial charge in [0.05, 0.1) is 12.9 Å². The molecule has 0 saturated heterocycles. The first-order valence-corrected chi connectivity index (χ1v) is 10.9. The van der Waals surface area contributed by atoms with E-state index < -0.39 is 5.97 Å². The van der Waals surface area contributed by atoms with Crippen LogP contribution < -0.4 is 5.32 Å². The van der Waals surface area contributed by atoms with Crippen molar-refractivity contribution in [3.8, 4) is 11.1 Å². The van der Waals surface area contributed by atoms with Gasteiger partial charge in [-0.1, -0.05) is 42.1 Å². The molecule has 0 aliphatic carbocycles. The molecule has 152 valence electrons. The number of anilines is 1. The molecule has 9 heteroatoms. The number of thiophene rings is 1. The number of esters is 1. The molecule has 7 nitrogen and oxygen atoms in total. The number of benzene rings is 1. The number of carbonyl (C=O) groups excluding carboxylic acids is 2. The quantitative estimate of drug-likeness (QED) is 0.441. The van der Waals surface area contributed by atoms with Gasteiger partial charge >= 0.3 is 5.97 Å². The summed E-state index contributed by atoms with van der Waals surface area (Å²) < 4.78 is 6.93. The van der Waals surface area contributed by atoms with Gasteiger partial charge in [0.25, 0.3) is 0 Å². The molecule has 1 amide bonds. The molecule has 1 aromatic carbocycles. The Labute approximate surface area is 177 Å². The molecular formula is C20H22N4O3S2. The van der Waals surface area contributed by atoms with E-state index in [4.69, 9.17) is 4.74 Å². The van der Waals surface area contributed by atoms with Crippen LogP contribution in [0.25, 0.3) is 11.1 Å². The van der Waals surface area contributed by atoms with Crippen molar-refractivity contribution >= 4 is 40.0 Å². The minimum Gasteiger partial charge on any atom is -0.465 e. The van der Waals surface area contributed by atoms with E-state index in [1.165, 1.54) is 30.2 Å². The van der Waals surface area contributed by atoms with E-state index >= 15 is 0 Å². The molecule has 0 aliphatic heterocycles. The minimum absolute atomic E-state index is 0.157. The van der Waals surface area contributed by atoms with E-state index in [0.29, 0.717) is 15.7 Å². The highest BCUT2D eigenvalue weighted by atomic mass is 32.2. The number of thioether (sulfide) groups is 1. The summed E-state index contributed by atoms with van der Waals surface area (Å²) in [4.78, 5) is 24.9. The van der Waals surface area contributed by atoms with Crippen molar-refractivity contribution in [3.05, 3.63) is 47.1 Å². The molecule has 2 aromatic heterocycles. The van der Waals surface area contributed by atoms with Crippen LogP contribution in [0, 0.1) is 6.92 Å². The molecule has 0 aliphatic rings. The fraction of sp³-hybridized carbons (Fsp3) is 0.300. The first kappa shape index (κ1) is 21.1. The molecule has 3 rings (SSSR count). The average molecular weight is 431 g/mol. The summed E-state index contributed by atoms with van der Waals surface area (Å²) in [6, 6.07) is 9.73. The Kier molecular flexibility index (Phi) is 6.71.